The number of hydrogen-bond acceptors (Lipinski definition) is 5. The van der Waals surface area contributed by atoms with Crippen molar-refractivity contribution in [3.05, 3.63) is 35.7 Å². The summed E-state index contributed by atoms with van der Waals surface area (Å²) in [6.07, 6.45) is 3.88. The molecule has 0 fully saturated rings. The Morgan fingerprint density at radius 2 is 1.90 bits per heavy atom. The summed E-state index contributed by atoms with van der Waals surface area (Å²) in [6.45, 7) is 2.93. The Hall–Kier alpha value is -2.42. The van der Waals surface area contributed by atoms with Gasteiger partial charge in [0.1, 0.15) is 16.9 Å². The van der Waals surface area contributed by atoms with Gasteiger partial charge in [0.2, 0.25) is 0 Å². The van der Waals surface area contributed by atoms with E-state index in [4.69, 9.17) is 5.11 Å². The number of H-pyrrole nitrogens is 1. The molecular weight excluding hydrogens is 284 g/mol. The van der Waals surface area contributed by atoms with Crippen LogP contribution in [-0.2, 0) is 10.0 Å². The first-order chi connectivity index (χ1) is 9.33. The van der Waals surface area contributed by atoms with Crippen LogP contribution in [0, 0.1) is 13.8 Å². The summed E-state index contributed by atoms with van der Waals surface area (Å²) in [4.78, 5) is 20.9. The number of sulfonamides is 1. The van der Waals surface area contributed by atoms with Crippen molar-refractivity contribution in [2.24, 2.45) is 0 Å². The average molecular weight is 296 g/mol. The molecule has 106 valence electrons. The predicted octanol–water partition coefficient (Wildman–Crippen LogP) is 0.921. The summed E-state index contributed by atoms with van der Waals surface area (Å²) in [5.41, 5.74) is 0.458. The van der Waals surface area contributed by atoms with Gasteiger partial charge in [-0.3, -0.25) is 4.72 Å². The van der Waals surface area contributed by atoms with Gasteiger partial charge in [0, 0.05) is 11.3 Å². The molecule has 0 aliphatic carbocycles. The van der Waals surface area contributed by atoms with Gasteiger partial charge >= 0.3 is 5.97 Å². The number of carbonyl (C=O) groups is 1. The highest BCUT2D eigenvalue weighted by Gasteiger charge is 2.26. The number of nitrogens with one attached hydrogen (secondary N) is 2. The summed E-state index contributed by atoms with van der Waals surface area (Å²) in [7, 11) is -3.91. The van der Waals surface area contributed by atoms with Crippen molar-refractivity contribution in [3.8, 4) is 0 Å². The number of hydrogen-bond donors (Lipinski definition) is 3. The standard InChI is InChI=1S/C11H12N4O4S/c1-6-9(11(16)17)14-7(2)10(6)20(18,19)15-8-3-12-5-13-4-8/h3-5,14-15H,1-2H3,(H,16,17). The Bertz CT molecular complexity index is 752. The lowest BCUT2D eigenvalue weighted by molar-refractivity contribution is 0.0690. The first-order valence-electron chi connectivity index (χ1n) is 5.53. The minimum absolute atomic E-state index is 0.0845. The van der Waals surface area contributed by atoms with Gasteiger partial charge in [-0.1, -0.05) is 0 Å². The van der Waals surface area contributed by atoms with Gasteiger partial charge in [0.25, 0.3) is 10.0 Å². The zero-order valence-corrected chi connectivity index (χ0v) is 11.5. The van der Waals surface area contributed by atoms with Crippen molar-refractivity contribution < 1.29 is 18.3 Å². The summed E-state index contributed by atoms with van der Waals surface area (Å²) in [6, 6.07) is 0. The lowest BCUT2D eigenvalue weighted by atomic mass is 10.2. The lowest BCUT2D eigenvalue weighted by Gasteiger charge is -2.07. The molecule has 0 atom stereocenters. The fourth-order valence-corrected chi connectivity index (χ4v) is 3.38. The molecule has 20 heavy (non-hydrogen) atoms. The number of aromatic amines is 1. The molecule has 3 N–H and O–H groups in total. The Labute approximate surface area is 114 Å². The summed E-state index contributed by atoms with van der Waals surface area (Å²) < 4.78 is 26.9. The van der Waals surface area contributed by atoms with Crippen molar-refractivity contribution in [1.82, 2.24) is 15.0 Å². The molecule has 2 aromatic heterocycles. The van der Waals surface area contributed by atoms with Gasteiger partial charge in [0.05, 0.1) is 18.1 Å². The van der Waals surface area contributed by atoms with E-state index in [1.54, 1.807) is 0 Å². The molecule has 0 aliphatic heterocycles. The monoisotopic (exact) mass is 296 g/mol. The number of carboxylic acids is 1. The van der Waals surface area contributed by atoms with E-state index >= 15 is 0 Å². The van der Waals surface area contributed by atoms with Crippen molar-refractivity contribution in [2.45, 2.75) is 18.7 Å². The van der Waals surface area contributed by atoms with Crippen molar-refractivity contribution in [2.75, 3.05) is 4.72 Å². The smallest absolute Gasteiger partial charge is 0.352 e. The normalized spacial score (nSPS) is 11.3. The van der Waals surface area contributed by atoms with Gasteiger partial charge in [-0.15, -0.1) is 0 Å². The Morgan fingerprint density at radius 3 is 2.40 bits per heavy atom. The molecule has 0 aromatic carbocycles. The number of aromatic carboxylic acids is 1. The van der Waals surface area contributed by atoms with E-state index in [1.165, 1.54) is 32.6 Å². The average Bonchev–Trinajstić information content (AvgIpc) is 2.66. The maximum atomic E-state index is 12.3. The van der Waals surface area contributed by atoms with Crippen LogP contribution in [0.25, 0.3) is 0 Å². The molecule has 0 radical (unpaired) electrons. The molecular formula is C11H12N4O4S. The summed E-state index contributed by atoms with van der Waals surface area (Å²) >= 11 is 0. The minimum Gasteiger partial charge on any atom is -0.477 e. The van der Waals surface area contributed by atoms with Crippen LogP contribution in [0.2, 0.25) is 0 Å². The third kappa shape index (κ3) is 2.48. The molecule has 9 heteroatoms. The Balaban J connectivity index is 2.48. The van der Waals surface area contributed by atoms with E-state index in [9.17, 15) is 13.2 Å². The molecule has 2 rings (SSSR count). The highest BCUT2D eigenvalue weighted by molar-refractivity contribution is 7.92. The van der Waals surface area contributed by atoms with E-state index in [-0.39, 0.29) is 27.5 Å². The number of nitrogens with zero attached hydrogens (tertiary/aromatic N) is 2. The second-order valence-corrected chi connectivity index (χ2v) is 5.74. The molecule has 0 aliphatic rings. The van der Waals surface area contributed by atoms with Crippen LogP contribution in [0.4, 0.5) is 5.69 Å². The topological polar surface area (TPSA) is 125 Å². The van der Waals surface area contributed by atoms with Crippen LogP contribution < -0.4 is 4.72 Å². The molecule has 2 heterocycles. The molecule has 8 nitrogen and oxygen atoms in total. The molecule has 0 unspecified atom stereocenters. The lowest BCUT2D eigenvalue weighted by Crippen LogP contribution is -2.15. The SMILES string of the molecule is Cc1[nH]c(C(=O)O)c(C)c1S(=O)(=O)Nc1cncnc1. The molecule has 2 aromatic rings. The van der Waals surface area contributed by atoms with E-state index in [1.807, 2.05) is 0 Å². The van der Waals surface area contributed by atoms with Crippen molar-refractivity contribution in [3.63, 3.8) is 0 Å². The highest BCUT2D eigenvalue weighted by atomic mass is 32.2. The molecule has 0 amide bonds. The number of anilines is 1. The van der Waals surface area contributed by atoms with Gasteiger partial charge in [-0.2, -0.15) is 0 Å². The number of aromatic nitrogens is 3. The van der Waals surface area contributed by atoms with Gasteiger partial charge < -0.3 is 10.1 Å². The van der Waals surface area contributed by atoms with Crippen molar-refractivity contribution in [1.29, 1.82) is 0 Å². The fourth-order valence-electron chi connectivity index (χ4n) is 1.91. The fraction of sp³-hybridized carbons (Fsp3) is 0.182. The molecule has 0 saturated carbocycles. The van der Waals surface area contributed by atoms with Gasteiger partial charge in [-0.05, 0) is 13.8 Å². The largest absolute Gasteiger partial charge is 0.477 e. The zero-order chi connectivity index (χ0) is 14.9. The first-order valence-corrected chi connectivity index (χ1v) is 7.01. The predicted molar refractivity (Wildman–Crippen MR) is 70.1 cm³/mol. The Kier molecular flexibility index (Phi) is 3.45. The second kappa shape index (κ2) is 4.93. The van der Waals surface area contributed by atoms with Crippen LogP contribution in [0.3, 0.4) is 0 Å². The second-order valence-electron chi connectivity index (χ2n) is 4.12. The zero-order valence-electron chi connectivity index (χ0n) is 10.7. The first kappa shape index (κ1) is 14.0. The maximum absolute atomic E-state index is 12.3. The third-order valence-corrected chi connectivity index (χ3v) is 4.32. The van der Waals surface area contributed by atoms with E-state index < -0.39 is 16.0 Å². The Morgan fingerprint density at radius 1 is 1.30 bits per heavy atom. The van der Waals surface area contributed by atoms with Crippen LogP contribution in [0.5, 0.6) is 0 Å². The summed E-state index contributed by atoms with van der Waals surface area (Å²) in [5, 5.41) is 8.99. The molecule has 0 bridgehead atoms. The minimum atomic E-state index is -3.91. The number of aryl methyl sites for hydroxylation is 1. The molecule has 0 spiro atoms. The van der Waals surface area contributed by atoms with Crippen LogP contribution in [0.1, 0.15) is 21.7 Å². The summed E-state index contributed by atoms with van der Waals surface area (Å²) in [5.74, 6) is -1.21. The van der Waals surface area contributed by atoms with E-state index in [2.05, 4.69) is 19.7 Å². The van der Waals surface area contributed by atoms with E-state index in [0.717, 1.165) is 0 Å². The highest BCUT2D eigenvalue weighted by Crippen LogP contribution is 2.25. The number of rotatable bonds is 4. The maximum Gasteiger partial charge on any atom is 0.352 e. The molecule has 0 saturated heterocycles. The van der Waals surface area contributed by atoms with Gasteiger partial charge in [-0.25, -0.2) is 23.2 Å². The third-order valence-electron chi connectivity index (χ3n) is 2.66. The van der Waals surface area contributed by atoms with Crippen LogP contribution >= 0.6 is 0 Å². The van der Waals surface area contributed by atoms with Crippen LogP contribution in [0.15, 0.2) is 23.6 Å². The van der Waals surface area contributed by atoms with Crippen molar-refractivity contribution >= 4 is 21.7 Å². The van der Waals surface area contributed by atoms with E-state index in [0.29, 0.717) is 0 Å². The number of carboxylic acid groups (broad SMARTS) is 1. The quantitative estimate of drug-likeness (QED) is 0.770. The van der Waals surface area contributed by atoms with Gasteiger partial charge in [0.15, 0.2) is 0 Å². The van der Waals surface area contributed by atoms with Crippen LogP contribution in [-0.4, -0.2) is 34.4 Å².